The van der Waals surface area contributed by atoms with E-state index in [-0.39, 0.29) is 13.0 Å². The van der Waals surface area contributed by atoms with Gasteiger partial charge in [0.25, 0.3) is 0 Å². The Hall–Kier alpha value is -1.66. The molecule has 0 saturated heterocycles. The lowest BCUT2D eigenvalue weighted by Gasteiger charge is -2.19. The molecular formula is C13H19NO5. The van der Waals surface area contributed by atoms with Crippen LogP contribution in [0.3, 0.4) is 0 Å². The fourth-order valence-corrected chi connectivity index (χ4v) is 1.67. The third-order valence-electron chi connectivity index (χ3n) is 2.70. The minimum atomic E-state index is -1.23. The zero-order valence-corrected chi connectivity index (χ0v) is 11.3. The number of carbonyl (C=O) groups is 1. The van der Waals surface area contributed by atoms with Gasteiger partial charge < -0.3 is 19.7 Å². The highest BCUT2D eigenvalue weighted by Crippen LogP contribution is 2.24. The average molecular weight is 269 g/mol. The topological polar surface area (TPSA) is 88.9 Å². The predicted molar refractivity (Wildman–Crippen MR) is 67.7 cm³/mol. The Bertz CT molecular complexity index is 435. The van der Waals surface area contributed by atoms with Crippen LogP contribution in [0.2, 0.25) is 0 Å². The van der Waals surface area contributed by atoms with Crippen LogP contribution in [0.25, 0.3) is 0 Å². The number of hydrogen-bond donors (Lipinski definition) is 2. The highest BCUT2D eigenvalue weighted by molar-refractivity contribution is 5.70. The molecule has 106 valence electrons. The van der Waals surface area contributed by atoms with Crippen LogP contribution in [0.4, 0.5) is 0 Å². The number of esters is 1. The summed E-state index contributed by atoms with van der Waals surface area (Å²) < 4.78 is 9.68. The van der Waals surface area contributed by atoms with E-state index >= 15 is 0 Å². The molecule has 0 aromatic carbocycles. The number of aromatic nitrogens is 1. The smallest absolute Gasteiger partial charge is 0.308 e. The van der Waals surface area contributed by atoms with Crippen LogP contribution in [0, 0.1) is 6.92 Å². The van der Waals surface area contributed by atoms with Crippen molar-refractivity contribution in [1.82, 2.24) is 4.98 Å². The van der Waals surface area contributed by atoms with Crippen molar-refractivity contribution in [1.29, 1.82) is 0 Å². The van der Waals surface area contributed by atoms with E-state index in [1.165, 1.54) is 13.3 Å². The maximum atomic E-state index is 11.2. The molecule has 0 spiro atoms. The van der Waals surface area contributed by atoms with E-state index in [4.69, 9.17) is 9.47 Å². The van der Waals surface area contributed by atoms with Crippen molar-refractivity contribution in [2.45, 2.75) is 32.5 Å². The van der Waals surface area contributed by atoms with E-state index < -0.39 is 18.2 Å². The van der Waals surface area contributed by atoms with E-state index in [2.05, 4.69) is 4.98 Å². The van der Waals surface area contributed by atoms with Gasteiger partial charge in [-0.25, -0.2) is 4.98 Å². The quantitative estimate of drug-likeness (QED) is 0.741. The van der Waals surface area contributed by atoms with Crippen molar-refractivity contribution in [2.24, 2.45) is 0 Å². The molecule has 1 heterocycles. The van der Waals surface area contributed by atoms with Crippen molar-refractivity contribution in [3.05, 3.63) is 23.4 Å². The number of aliphatic hydroxyl groups is 2. The van der Waals surface area contributed by atoms with Gasteiger partial charge in [0.05, 0.1) is 26.2 Å². The fraction of sp³-hybridized carbons (Fsp3) is 0.538. The number of carbonyl (C=O) groups excluding carboxylic acids is 1. The first-order chi connectivity index (χ1) is 8.99. The lowest BCUT2D eigenvalue weighted by atomic mass is 10.00. The van der Waals surface area contributed by atoms with E-state index in [0.29, 0.717) is 11.4 Å². The van der Waals surface area contributed by atoms with Crippen molar-refractivity contribution < 1.29 is 24.5 Å². The molecule has 2 N–H and O–H groups in total. The molecule has 2 atom stereocenters. The second-order valence-corrected chi connectivity index (χ2v) is 4.10. The molecule has 6 nitrogen and oxygen atoms in total. The van der Waals surface area contributed by atoms with Gasteiger partial charge >= 0.3 is 5.97 Å². The molecule has 2 unspecified atom stereocenters. The monoisotopic (exact) mass is 269 g/mol. The van der Waals surface area contributed by atoms with Gasteiger partial charge in [-0.05, 0) is 19.4 Å². The van der Waals surface area contributed by atoms with Crippen molar-refractivity contribution in [3.8, 4) is 5.88 Å². The van der Waals surface area contributed by atoms with E-state index in [1.807, 2.05) is 0 Å². The molecule has 0 amide bonds. The predicted octanol–water partition coefficient (Wildman–Crippen LogP) is 0.746. The first-order valence-corrected chi connectivity index (χ1v) is 6.01. The second-order valence-electron chi connectivity index (χ2n) is 4.10. The standard InChI is InChI=1S/C13H19NO5/c1-4-19-12(16)6-10(15)13(17)9-7-14-11(18-3)5-8(9)2/h5,7,10,13,15,17H,4,6H2,1-3H3. The first-order valence-electron chi connectivity index (χ1n) is 6.01. The van der Waals surface area contributed by atoms with Gasteiger partial charge in [0.15, 0.2) is 0 Å². The summed E-state index contributed by atoms with van der Waals surface area (Å²) in [5, 5.41) is 19.8. The molecule has 0 fully saturated rings. The SMILES string of the molecule is CCOC(=O)CC(O)C(O)c1cnc(OC)cc1C. The Kier molecular flexibility index (Phi) is 5.72. The largest absolute Gasteiger partial charge is 0.481 e. The highest BCUT2D eigenvalue weighted by atomic mass is 16.5. The van der Waals surface area contributed by atoms with Crippen LogP contribution in [0.1, 0.15) is 30.6 Å². The normalized spacial score (nSPS) is 13.7. The number of ether oxygens (including phenoxy) is 2. The summed E-state index contributed by atoms with van der Waals surface area (Å²) in [6.07, 6.45) is -1.26. The van der Waals surface area contributed by atoms with Crippen LogP contribution in [0.5, 0.6) is 5.88 Å². The van der Waals surface area contributed by atoms with Crippen LogP contribution in [-0.2, 0) is 9.53 Å². The summed E-state index contributed by atoms with van der Waals surface area (Å²) in [5.74, 6) is -0.124. The molecule has 1 aromatic rings. The number of pyridine rings is 1. The summed E-state index contributed by atoms with van der Waals surface area (Å²) in [5.41, 5.74) is 1.18. The molecule has 0 aliphatic rings. The summed E-state index contributed by atoms with van der Waals surface area (Å²) in [4.78, 5) is 15.2. The second kappa shape index (κ2) is 7.06. The first kappa shape index (κ1) is 15.4. The van der Waals surface area contributed by atoms with Crippen molar-refractivity contribution >= 4 is 5.97 Å². The molecule has 6 heteroatoms. The lowest BCUT2D eigenvalue weighted by molar-refractivity contribution is -0.147. The van der Waals surface area contributed by atoms with Crippen LogP contribution in [0.15, 0.2) is 12.3 Å². The van der Waals surface area contributed by atoms with Gasteiger partial charge in [-0.15, -0.1) is 0 Å². The number of hydrogen-bond acceptors (Lipinski definition) is 6. The van der Waals surface area contributed by atoms with Crippen LogP contribution < -0.4 is 4.74 Å². The summed E-state index contributed by atoms with van der Waals surface area (Å²) in [6, 6.07) is 1.65. The summed E-state index contributed by atoms with van der Waals surface area (Å²) >= 11 is 0. The Balaban J connectivity index is 2.76. The third-order valence-corrected chi connectivity index (χ3v) is 2.70. The molecule has 1 aromatic heterocycles. The molecule has 0 radical (unpaired) electrons. The molecular weight excluding hydrogens is 250 g/mol. The van der Waals surface area contributed by atoms with E-state index in [0.717, 1.165) is 5.56 Å². The average Bonchev–Trinajstić information content (AvgIpc) is 2.37. The summed E-state index contributed by atoms with van der Waals surface area (Å²) in [7, 11) is 1.49. The number of aliphatic hydroxyl groups excluding tert-OH is 2. The number of nitrogens with zero attached hydrogens (tertiary/aromatic N) is 1. The fourth-order valence-electron chi connectivity index (χ4n) is 1.67. The van der Waals surface area contributed by atoms with Gasteiger partial charge in [-0.2, -0.15) is 0 Å². The maximum absolute atomic E-state index is 11.2. The number of rotatable bonds is 6. The molecule has 19 heavy (non-hydrogen) atoms. The Labute approximate surface area is 112 Å². The molecule has 0 aliphatic carbocycles. The number of methoxy groups -OCH3 is 1. The summed E-state index contributed by atoms with van der Waals surface area (Å²) in [6.45, 7) is 3.68. The molecule has 0 saturated carbocycles. The van der Waals surface area contributed by atoms with E-state index in [1.54, 1.807) is 19.9 Å². The van der Waals surface area contributed by atoms with Gasteiger partial charge in [-0.3, -0.25) is 4.79 Å². The minimum Gasteiger partial charge on any atom is -0.481 e. The molecule has 0 aliphatic heterocycles. The van der Waals surface area contributed by atoms with Gasteiger partial charge in [0.1, 0.15) is 6.10 Å². The Morgan fingerprint density at radius 2 is 2.16 bits per heavy atom. The van der Waals surface area contributed by atoms with Gasteiger partial charge in [0, 0.05) is 17.8 Å². The Morgan fingerprint density at radius 1 is 1.47 bits per heavy atom. The van der Waals surface area contributed by atoms with Crippen molar-refractivity contribution in [2.75, 3.05) is 13.7 Å². The van der Waals surface area contributed by atoms with Crippen LogP contribution in [-0.4, -0.2) is 41.0 Å². The highest BCUT2D eigenvalue weighted by Gasteiger charge is 2.23. The van der Waals surface area contributed by atoms with Gasteiger partial charge in [-0.1, -0.05) is 0 Å². The van der Waals surface area contributed by atoms with Crippen LogP contribution >= 0.6 is 0 Å². The molecule has 0 bridgehead atoms. The minimum absolute atomic E-state index is 0.241. The zero-order valence-electron chi connectivity index (χ0n) is 11.3. The van der Waals surface area contributed by atoms with Crippen molar-refractivity contribution in [3.63, 3.8) is 0 Å². The lowest BCUT2D eigenvalue weighted by Crippen LogP contribution is -2.23. The molecule has 1 rings (SSSR count). The zero-order chi connectivity index (χ0) is 14.4. The number of aryl methyl sites for hydroxylation is 1. The third kappa shape index (κ3) is 4.18. The Morgan fingerprint density at radius 3 is 2.68 bits per heavy atom. The van der Waals surface area contributed by atoms with E-state index in [9.17, 15) is 15.0 Å². The maximum Gasteiger partial charge on any atom is 0.308 e. The van der Waals surface area contributed by atoms with Gasteiger partial charge in [0.2, 0.25) is 5.88 Å².